The highest BCUT2D eigenvalue weighted by atomic mass is 32.1. The summed E-state index contributed by atoms with van der Waals surface area (Å²) in [6.07, 6.45) is 0. The Hall–Kier alpha value is -2.41. The Kier molecular flexibility index (Phi) is 5.24. The quantitative estimate of drug-likeness (QED) is 0.727. The summed E-state index contributed by atoms with van der Waals surface area (Å²) in [5.41, 5.74) is 7.32. The number of amides is 1. The van der Waals surface area contributed by atoms with Crippen molar-refractivity contribution in [1.29, 1.82) is 0 Å². The molecule has 0 bridgehead atoms. The molecule has 27 heavy (non-hydrogen) atoms. The highest BCUT2D eigenvalue weighted by Gasteiger charge is 2.20. The van der Waals surface area contributed by atoms with Crippen molar-refractivity contribution in [2.75, 3.05) is 0 Å². The minimum Gasteiger partial charge on any atom is -0.348 e. The van der Waals surface area contributed by atoms with Crippen LogP contribution >= 0.6 is 11.3 Å². The number of aryl methyl sites for hydroxylation is 4. The maximum atomic E-state index is 12.7. The highest BCUT2D eigenvalue weighted by Crippen LogP contribution is 2.28. The Bertz CT molecular complexity index is 995. The molecule has 3 heterocycles. The van der Waals surface area contributed by atoms with Gasteiger partial charge in [-0.2, -0.15) is 5.10 Å². The number of carbonyl (C=O) groups is 1. The predicted octanol–water partition coefficient (Wildman–Crippen LogP) is 3.76. The molecular weight excluding hydrogens is 358 g/mol. The number of nitrogens with one attached hydrogen (secondary N) is 1. The minimum absolute atomic E-state index is 0.00652. The Morgan fingerprint density at radius 1 is 1.22 bits per heavy atom. The van der Waals surface area contributed by atoms with Crippen molar-refractivity contribution in [1.82, 2.24) is 24.6 Å². The van der Waals surface area contributed by atoms with Crippen molar-refractivity contribution in [3.8, 4) is 11.3 Å². The van der Waals surface area contributed by atoms with E-state index in [4.69, 9.17) is 0 Å². The fourth-order valence-electron chi connectivity index (χ4n) is 3.71. The molecule has 0 aliphatic rings. The Morgan fingerprint density at radius 2 is 1.93 bits per heavy atom. The standard InChI is InChI=1S/C20H27N5OS/c1-11-8-17(18-10-27-16(6)22-18)14(4)25(11)9-19(26)21-12(2)20-13(3)23-24(7)15(20)5/h8,10,12H,9H2,1-7H3,(H,21,26)/t12-/m0/s1. The van der Waals surface area contributed by atoms with E-state index in [2.05, 4.69) is 31.4 Å². The molecule has 0 spiro atoms. The van der Waals surface area contributed by atoms with Gasteiger partial charge < -0.3 is 9.88 Å². The molecule has 0 aliphatic heterocycles. The molecule has 3 aromatic heterocycles. The molecule has 144 valence electrons. The summed E-state index contributed by atoms with van der Waals surface area (Å²) in [7, 11) is 1.93. The molecular formula is C20H27N5OS. The molecule has 6 nitrogen and oxygen atoms in total. The van der Waals surface area contributed by atoms with Gasteiger partial charge in [0.1, 0.15) is 6.54 Å². The Balaban J connectivity index is 1.77. The van der Waals surface area contributed by atoms with E-state index in [1.165, 1.54) is 0 Å². The van der Waals surface area contributed by atoms with Crippen LogP contribution in [0.25, 0.3) is 11.3 Å². The third-order valence-corrected chi connectivity index (χ3v) is 5.92. The van der Waals surface area contributed by atoms with Gasteiger partial charge in [0.05, 0.1) is 22.4 Å². The van der Waals surface area contributed by atoms with Gasteiger partial charge in [-0.1, -0.05) is 0 Å². The molecule has 3 aromatic rings. The Morgan fingerprint density at radius 3 is 2.48 bits per heavy atom. The number of hydrogen-bond donors (Lipinski definition) is 1. The first-order valence-electron chi connectivity index (χ1n) is 9.07. The maximum absolute atomic E-state index is 12.7. The minimum atomic E-state index is -0.0805. The monoisotopic (exact) mass is 385 g/mol. The molecule has 0 saturated heterocycles. The van der Waals surface area contributed by atoms with Gasteiger partial charge in [0.25, 0.3) is 0 Å². The van der Waals surface area contributed by atoms with Crippen molar-refractivity contribution in [3.05, 3.63) is 44.8 Å². The lowest BCUT2D eigenvalue weighted by Gasteiger charge is -2.16. The number of hydrogen-bond acceptors (Lipinski definition) is 4. The van der Waals surface area contributed by atoms with Crippen LogP contribution in [0.1, 0.15) is 46.3 Å². The fourth-order valence-corrected chi connectivity index (χ4v) is 4.32. The zero-order valence-corrected chi connectivity index (χ0v) is 17.9. The molecule has 3 rings (SSSR count). The number of thiazole rings is 1. The topological polar surface area (TPSA) is 64.7 Å². The summed E-state index contributed by atoms with van der Waals surface area (Å²) in [6, 6.07) is 2.03. The van der Waals surface area contributed by atoms with E-state index < -0.39 is 0 Å². The van der Waals surface area contributed by atoms with Gasteiger partial charge in [0.15, 0.2) is 0 Å². The van der Waals surface area contributed by atoms with Crippen LogP contribution in [0.2, 0.25) is 0 Å². The third-order valence-electron chi connectivity index (χ3n) is 5.15. The number of aromatic nitrogens is 4. The first kappa shape index (κ1) is 19.4. The van der Waals surface area contributed by atoms with Crippen LogP contribution in [0.5, 0.6) is 0 Å². The van der Waals surface area contributed by atoms with Gasteiger partial charge in [0, 0.05) is 40.6 Å². The van der Waals surface area contributed by atoms with Gasteiger partial charge in [-0.25, -0.2) is 4.98 Å². The van der Waals surface area contributed by atoms with Crippen LogP contribution in [0.4, 0.5) is 0 Å². The first-order chi connectivity index (χ1) is 12.7. The second kappa shape index (κ2) is 7.31. The largest absolute Gasteiger partial charge is 0.348 e. The summed E-state index contributed by atoms with van der Waals surface area (Å²) < 4.78 is 3.91. The van der Waals surface area contributed by atoms with Crippen molar-refractivity contribution in [2.24, 2.45) is 7.05 Å². The molecule has 7 heteroatoms. The second-order valence-electron chi connectivity index (χ2n) is 7.12. The van der Waals surface area contributed by atoms with Crippen molar-refractivity contribution in [3.63, 3.8) is 0 Å². The smallest absolute Gasteiger partial charge is 0.240 e. The molecule has 1 atom stereocenters. The maximum Gasteiger partial charge on any atom is 0.240 e. The van der Waals surface area contributed by atoms with E-state index in [0.29, 0.717) is 6.54 Å². The van der Waals surface area contributed by atoms with E-state index in [1.807, 2.05) is 53.3 Å². The van der Waals surface area contributed by atoms with Gasteiger partial charge in [-0.15, -0.1) is 11.3 Å². The molecule has 0 saturated carbocycles. The average molecular weight is 386 g/mol. The summed E-state index contributed by atoms with van der Waals surface area (Å²) in [6.45, 7) is 12.4. The van der Waals surface area contributed by atoms with Crippen LogP contribution in [0, 0.1) is 34.6 Å². The first-order valence-corrected chi connectivity index (χ1v) is 9.95. The van der Waals surface area contributed by atoms with Crippen molar-refractivity contribution >= 4 is 17.2 Å². The number of rotatable bonds is 5. The highest BCUT2D eigenvalue weighted by molar-refractivity contribution is 7.09. The SMILES string of the molecule is Cc1nc(-c2cc(C)n(CC(=O)N[C@@H](C)c3c(C)nn(C)c3C)c2C)cs1. The molecule has 1 amide bonds. The van der Waals surface area contributed by atoms with Gasteiger partial charge >= 0.3 is 0 Å². The lowest BCUT2D eigenvalue weighted by atomic mass is 10.1. The normalized spacial score (nSPS) is 12.4. The fraction of sp³-hybridized carbons (Fsp3) is 0.450. The van der Waals surface area contributed by atoms with Crippen LogP contribution in [0.15, 0.2) is 11.4 Å². The van der Waals surface area contributed by atoms with Crippen LogP contribution in [0.3, 0.4) is 0 Å². The zero-order chi connectivity index (χ0) is 19.9. The van der Waals surface area contributed by atoms with E-state index in [0.717, 1.165) is 44.6 Å². The summed E-state index contributed by atoms with van der Waals surface area (Å²) >= 11 is 1.64. The van der Waals surface area contributed by atoms with Gasteiger partial charge in [0.2, 0.25) is 5.91 Å². The van der Waals surface area contributed by atoms with Crippen LogP contribution in [-0.4, -0.2) is 25.2 Å². The lowest BCUT2D eigenvalue weighted by Crippen LogP contribution is -2.31. The van der Waals surface area contributed by atoms with E-state index in [1.54, 1.807) is 11.3 Å². The van der Waals surface area contributed by atoms with Gasteiger partial charge in [-0.3, -0.25) is 9.48 Å². The van der Waals surface area contributed by atoms with Crippen molar-refractivity contribution in [2.45, 2.75) is 54.1 Å². The number of nitrogens with zero attached hydrogens (tertiary/aromatic N) is 4. The van der Waals surface area contributed by atoms with E-state index >= 15 is 0 Å². The molecule has 0 unspecified atom stereocenters. The molecule has 0 fully saturated rings. The molecule has 0 aromatic carbocycles. The van der Waals surface area contributed by atoms with E-state index in [-0.39, 0.29) is 11.9 Å². The van der Waals surface area contributed by atoms with Crippen LogP contribution in [-0.2, 0) is 18.4 Å². The zero-order valence-electron chi connectivity index (χ0n) is 17.0. The molecule has 0 radical (unpaired) electrons. The predicted molar refractivity (Wildman–Crippen MR) is 109 cm³/mol. The number of carbonyl (C=O) groups excluding carboxylic acids is 1. The lowest BCUT2D eigenvalue weighted by molar-refractivity contribution is -0.122. The van der Waals surface area contributed by atoms with Crippen LogP contribution < -0.4 is 5.32 Å². The Labute approximate surface area is 164 Å². The van der Waals surface area contributed by atoms with E-state index in [9.17, 15) is 4.79 Å². The average Bonchev–Trinajstić information content (AvgIpc) is 3.20. The second-order valence-corrected chi connectivity index (χ2v) is 8.18. The van der Waals surface area contributed by atoms with Crippen molar-refractivity contribution < 1.29 is 4.79 Å². The summed E-state index contributed by atoms with van der Waals surface area (Å²) in [4.78, 5) is 17.3. The van der Waals surface area contributed by atoms with Gasteiger partial charge in [-0.05, 0) is 47.6 Å². The third kappa shape index (κ3) is 3.69. The molecule has 0 aliphatic carbocycles. The summed E-state index contributed by atoms with van der Waals surface area (Å²) in [5, 5.41) is 10.7. The molecule has 1 N–H and O–H groups in total. The summed E-state index contributed by atoms with van der Waals surface area (Å²) in [5.74, 6) is -0.00652.